The van der Waals surface area contributed by atoms with E-state index in [2.05, 4.69) is 39.3 Å². The van der Waals surface area contributed by atoms with Gasteiger partial charge >= 0.3 is 0 Å². The van der Waals surface area contributed by atoms with Crippen molar-refractivity contribution in [2.75, 3.05) is 6.54 Å². The van der Waals surface area contributed by atoms with Crippen molar-refractivity contribution >= 4 is 10.0 Å². The van der Waals surface area contributed by atoms with Crippen LogP contribution in [0.25, 0.3) is 0 Å². The highest BCUT2D eigenvalue weighted by atomic mass is 32.2. The van der Waals surface area contributed by atoms with Crippen LogP contribution in [-0.4, -0.2) is 21.0 Å². The summed E-state index contributed by atoms with van der Waals surface area (Å²) < 4.78 is 27.8. The van der Waals surface area contributed by atoms with Gasteiger partial charge in [-0.15, -0.1) is 0 Å². The van der Waals surface area contributed by atoms with Gasteiger partial charge in [0.2, 0.25) is 10.0 Å². The van der Waals surface area contributed by atoms with Crippen molar-refractivity contribution in [1.29, 1.82) is 0 Å². The van der Waals surface area contributed by atoms with Crippen molar-refractivity contribution in [1.82, 2.24) is 4.72 Å². The van der Waals surface area contributed by atoms with Gasteiger partial charge in [-0.1, -0.05) is 46.8 Å². The van der Waals surface area contributed by atoms with Gasteiger partial charge in [-0.2, -0.15) is 0 Å². The van der Waals surface area contributed by atoms with E-state index in [1.54, 1.807) is 12.1 Å². The third kappa shape index (κ3) is 6.19. The first-order valence-electron chi connectivity index (χ1n) is 8.80. The predicted molar refractivity (Wildman–Crippen MR) is 102 cm³/mol. The summed E-state index contributed by atoms with van der Waals surface area (Å²) in [6, 6.07) is 7.05. The molecule has 0 spiro atoms. The maximum Gasteiger partial charge on any atom is 0.240 e. The Morgan fingerprint density at radius 2 is 1.58 bits per heavy atom. The Kier molecular flexibility index (Phi) is 7.44. The minimum Gasteiger partial charge on any atom is -0.330 e. The Morgan fingerprint density at radius 3 is 2.00 bits per heavy atom. The van der Waals surface area contributed by atoms with Crippen molar-refractivity contribution in [3.05, 3.63) is 29.8 Å². The van der Waals surface area contributed by atoms with Crippen LogP contribution in [0.4, 0.5) is 0 Å². The molecule has 0 aliphatic heterocycles. The molecule has 24 heavy (non-hydrogen) atoms. The van der Waals surface area contributed by atoms with E-state index in [-0.39, 0.29) is 11.5 Å². The molecular weight excluding hydrogens is 320 g/mol. The van der Waals surface area contributed by atoms with E-state index in [1.807, 2.05) is 19.1 Å². The van der Waals surface area contributed by atoms with E-state index in [9.17, 15) is 8.42 Å². The van der Waals surface area contributed by atoms with Crippen LogP contribution >= 0.6 is 0 Å². The maximum atomic E-state index is 12.5. The molecule has 3 N–H and O–H groups in total. The molecule has 0 saturated carbocycles. The van der Waals surface area contributed by atoms with Gasteiger partial charge in [0, 0.05) is 6.04 Å². The molecule has 0 heterocycles. The molecule has 0 aromatic heterocycles. The fraction of sp³-hybridized carbons (Fsp3) is 0.684. The molecule has 5 heteroatoms. The first-order valence-corrected chi connectivity index (χ1v) is 10.3. The van der Waals surface area contributed by atoms with Crippen LogP contribution in [0.5, 0.6) is 0 Å². The van der Waals surface area contributed by atoms with Crippen molar-refractivity contribution in [3.63, 3.8) is 0 Å². The fourth-order valence-electron chi connectivity index (χ4n) is 2.71. The lowest BCUT2D eigenvalue weighted by Crippen LogP contribution is -2.33. The molecule has 4 nitrogen and oxygen atoms in total. The van der Waals surface area contributed by atoms with Crippen LogP contribution in [0.1, 0.15) is 59.9 Å². The highest BCUT2D eigenvalue weighted by molar-refractivity contribution is 7.89. The van der Waals surface area contributed by atoms with Gasteiger partial charge in [-0.3, -0.25) is 0 Å². The predicted octanol–water partition coefficient (Wildman–Crippen LogP) is 3.66. The Morgan fingerprint density at radius 1 is 1.04 bits per heavy atom. The summed E-state index contributed by atoms with van der Waals surface area (Å²) in [5.41, 5.74) is 6.92. The molecule has 0 saturated heterocycles. The number of hydrogen-bond donors (Lipinski definition) is 2. The molecule has 0 bridgehead atoms. The normalized spacial score (nSPS) is 15.5. The zero-order valence-corrected chi connectivity index (χ0v) is 16.8. The summed E-state index contributed by atoms with van der Waals surface area (Å²) in [5.74, 6) is 0.951. The molecular formula is C19H34N2O2S. The topological polar surface area (TPSA) is 72.2 Å². The summed E-state index contributed by atoms with van der Waals surface area (Å²) in [4.78, 5) is 0.321. The fourth-order valence-corrected chi connectivity index (χ4v) is 3.99. The quantitative estimate of drug-likeness (QED) is 0.748. The number of hydrogen-bond acceptors (Lipinski definition) is 3. The minimum atomic E-state index is -3.48. The number of nitrogens with two attached hydrogens (primary N) is 1. The average Bonchev–Trinajstić information content (AvgIpc) is 2.46. The van der Waals surface area contributed by atoms with Crippen LogP contribution in [0.15, 0.2) is 29.2 Å². The molecule has 1 aromatic rings. The van der Waals surface area contributed by atoms with Crippen LogP contribution in [0.2, 0.25) is 0 Å². The van der Waals surface area contributed by atoms with Crippen molar-refractivity contribution in [2.24, 2.45) is 17.6 Å². The summed E-state index contributed by atoms with van der Waals surface area (Å²) >= 11 is 0. The third-order valence-electron chi connectivity index (χ3n) is 4.60. The first-order chi connectivity index (χ1) is 11.0. The zero-order chi connectivity index (χ0) is 18.5. The SMILES string of the molecule is CC(CCC(CN)C(C)C)NS(=O)(=O)c1ccc(C(C)(C)C)cc1. The second-order valence-electron chi connectivity index (χ2n) is 8.11. The van der Waals surface area contributed by atoms with Crippen molar-refractivity contribution in [2.45, 2.75) is 70.7 Å². The third-order valence-corrected chi connectivity index (χ3v) is 6.21. The summed E-state index contributed by atoms with van der Waals surface area (Å²) in [7, 11) is -3.48. The number of sulfonamides is 1. The lowest BCUT2D eigenvalue weighted by Gasteiger charge is -2.22. The van der Waals surface area contributed by atoms with Crippen LogP contribution < -0.4 is 10.5 Å². The summed E-state index contributed by atoms with van der Waals surface area (Å²) in [6.45, 7) is 13.2. The largest absolute Gasteiger partial charge is 0.330 e. The standard InChI is InChI=1S/C19H34N2O2S/c1-14(2)16(13-20)8-7-15(3)21-24(22,23)18-11-9-17(10-12-18)19(4,5)6/h9-12,14-16,21H,7-8,13,20H2,1-6H3. The molecule has 0 aliphatic rings. The molecule has 0 amide bonds. The lowest BCUT2D eigenvalue weighted by molar-refractivity contribution is 0.346. The molecule has 138 valence electrons. The molecule has 2 unspecified atom stereocenters. The van der Waals surface area contributed by atoms with E-state index in [4.69, 9.17) is 5.73 Å². The van der Waals surface area contributed by atoms with E-state index in [1.165, 1.54) is 0 Å². The Balaban J connectivity index is 2.72. The van der Waals surface area contributed by atoms with Crippen molar-refractivity contribution in [3.8, 4) is 0 Å². The van der Waals surface area contributed by atoms with Gasteiger partial charge in [-0.05, 0) is 61.3 Å². The lowest BCUT2D eigenvalue weighted by atomic mass is 9.87. The molecule has 2 atom stereocenters. The van der Waals surface area contributed by atoms with E-state index < -0.39 is 10.0 Å². The van der Waals surface area contributed by atoms with Crippen LogP contribution in [0.3, 0.4) is 0 Å². The second-order valence-corrected chi connectivity index (χ2v) is 9.83. The number of nitrogens with one attached hydrogen (secondary N) is 1. The Labute approximate surface area is 148 Å². The van der Waals surface area contributed by atoms with Gasteiger partial charge in [-0.25, -0.2) is 13.1 Å². The summed E-state index contributed by atoms with van der Waals surface area (Å²) in [5, 5.41) is 0. The molecule has 0 fully saturated rings. The van der Waals surface area contributed by atoms with Crippen LogP contribution in [-0.2, 0) is 15.4 Å². The van der Waals surface area contributed by atoms with Gasteiger partial charge in [0.15, 0.2) is 0 Å². The van der Waals surface area contributed by atoms with Gasteiger partial charge in [0.1, 0.15) is 0 Å². The van der Waals surface area contributed by atoms with Gasteiger partial charge in [0.25, 0.3) is 0 Å². The van der Waals surface area contributed by atoms with Crippen molar-refractivity contribution < 1.29 is 8.42 Å². The van der Waals surface area contributed by atoms with E-state index in [0.29, 0.717) is 23.3 Å². The van der Waals surface area contributed by atoms with Gasteiger partial charge in [0.05, 0.1) is 4.90 Å². The molecule has 0 radical (unpaired) electrons. The monoisotopic (exact) mass is 354 g/mol. The molecule has 1 aromatic carbocycles. The number of benzene rings is 1. The van der Waals surface area contributed by atoms with Crippen LogP contribution in [0, 0.1) is 11.8 Å². The first kappa shape index (κ1) is 21.1. The molecule has 0 aliphatic carbocycles. The smallest absolute Gasteiger partial charge is 0.240 e. The second kappa shape index (κ2) is 8.45. The minimum absolute atomic E-state index is 0.0110. The molecule has 1 rings (SSSR count). The van der Waals surface area contributed by atoms with E-state index >= 15 is 0 Å². The Hall–Kier alpha value is -0.910. The summed E-state index contributed by atoms with van der Waals surface area (Å²) in [6.07, 6.45) is 1.72. The Bertz CT molecular complexity index is 601. The zero-order valence-electron chi connectivity index (χ0n) is 16.0. The highest BCUT2D eigenvalue weighted by Crippen LogP contribution is 2.23. The maximum absolute atomic E-state index is 12.5. The van der Waals surface area contributed by atoms with Gasteiger partial charge < -0.3 is 5.73 Å². The highest BCUT2D eigenvalue weighted by Gasteiger charge is 2.20. The average molecular weight is 355 g/mol. The number of rotatable bonds is 8. The van der Waals surface area contributed by atoms with E-state index in [0.717, 1.165) is 18.4 Å².